The Hall–Kier alpha value is -3.92. The summed E-state index contributed by atoms with van der Waals surface area (Å²) in [5.41, 5.74) is -0.231. The Morgan fingerprint density at radius 3 is 2.69 bits per heavy atom. The van der Waals surface area contributed by atoms with E-state index in [0.717, 1.165) is 6.07 Å². The molecular weight excluding hydrogens is 545 g/mol. The Labute approximate surface area is 222 Å². The molecule has 0 aromatic carbocycles. The number of rotatable bonds is 6. The molecular formula is C23H20ClF3N8O4. The molecule has 0 radical (unpaired) electrons. The monoisotopic (exact) mass is 564 g/mol. The average Bonchev–Trinajstić information content (AvgIpc) is 3.47. The number of alkyl halides is 3. The van der Waals surface area contributed by atoms with Gasteiger partial charge < -0.3 is 25.6 Å². The van der Waals surface area contributed by atoms with Crippen molar-refractivity contribution in [2.45, 2.75) is 37.3 Å². The van der Waals surface area contributed by atoms with Crippen LogP contribution in [0, 0.1) is 0 Å². The summed E-state index contributed by atoms with van der Waals surface area (Å²) in [4.78, 5) is 33.1. The first-order valence-electron chi connectivity index (χ1n) is 11.4. The fourth-order valence-corrected chi connectivity index (χ4v) is 4.22. The highest BCUT2D eigenvalue weighted by molar-refractivity contribution is 6.30. The molecule has 204 valence electrons. The lowest BCUT2D eigenvalue weighted by molar-refractivity contribution is -0.141. The van der Waals surface area contributed by atoms with Gasteiger partial charge in [0.05, 0.1) is 23.6 Å². The molecule has 1 aliphatic rings. The Kier molecular flexibility index (Phi) is 7.07. The van der Waals surface area contributed by atoms with E-state index < -0.39 is 42.3 Å². The molecule has 1 aliphatic heterocycles. The first-order valence-corrected chi connectivity index (χ1v) is 11.8. The van der Waals surface area contributed by atoms with E-state index in [0.29, 0.717) is 10.6 Å². The number of aliphatic hydroxyl groups excluding tert-OH is 2. The van der Waals surface area contributed by atoms with Crippen LogP contribution in [-0.4, -0.2) is 71.0 Å². The Morgan fingerprint density at radius 1 is 1.18 bits per heavy atom. The Balaban J connectivity index is 1.56. The fraction of sp³-hybridized carbons (Fsp3) is 0.304. The van der Waals surface area contributed by atoms with Gasteiger partial charge in [-0.3, -0.25) is 14.3 Å². The Morgan fingerprint density at radius 2 is 1.97 bits per heavy atom. The summed E-state index contributed by atoms with van der Waals surface area (Å²) in [5.74, 6) is -0.386. The molecule has 4 atom stereocenters. The molecule has 1 fully saturated rings. The summed E-state index contributed by atoms with van der Waals surface area (Å²) < 4.78 is 46.3. The van der Waals surface area contributed by atoms with Gasteiger partial charge in [0.1, 0.15) is 17.9 Å². The summed E-state index contributed by atoms with van der Waals surface area (Å²) in [6.45, 7) is -0.143. The third-order valence-electron chi connectivity index (χ3n) is 5.94. The minimum atomic E-state index is -4.61. The van der Waals surface area contributed by atoms with Crippen molar-refractivity contribution in [2.75, 3.05) is 12.4 Å². The van der Waals surface area contributed by atoms with Gasteiger partial charge >= 0.3 is 6.18 Å². The van der Waals surface area contributed by atoms with Crippen LogP contribution < -0.4 is 10.6 Å². The van der Waals surface area contributed by atoms with Crippen molar-refractivity contribution in [3.63, 3.8) is 0 Å². The van der Waals surface area contributed by atoms with Gasteiger partial charge in [0.25, 0.3) is 5.91 Å². The number of likely N-dealkylation sites (N-methyl/N-ethyl adjacent to an activating group) is 1. The van der Waals surface area contributed by atoms with Gasteiger partial charge in [0, 0.05) is 25.0 Å². The third kappa shape index (κ3) is 5.21. The van der Waals surface area contributed by atoms with Gasteiger partial charge in [-0.1, -0.05) is 17.7 Å². The second-order valence-electron chi connectivity index (χ2n) is 8.52. The number of hydrogen-bond acceptors (Lipinski definition) is 10. The fourth-order valence-electron chi connectivity index (χ4n) is 4.05. The van der Waals surface area contributed by atoms with Crippen LogP contribution in [0.15, 0.2) is 43.0 Å². The number of imidazole rings is 1. The second kappa shape index (κ2) is 10.3. The highest BCUT2D eigenvalue weighted by Crippen LogP contribution is 2.34. The lowest BCUT2D eigenvalue weighted by atomic mass is 10.1. The number of carbonyl (C=O) groups excluding carboxylic acids is 1. The SMILES string of the molecule is CNC(=O)[C@H]1O[C@@H](n2cnc3c(NCc4cccc(C(F)(F)F)n4)nc(-c4cncc(Cl)c4)nc32)[C@H](O)[C@@H]1O. The number of hydrogen-bond donors (Lipinski definition) is 4. The van der Waals surface area contributed by atoms with Crippen molar-refractivity contribution in [1.29, 1.82) is 0 Å². The topological polar surface area (TPSA) is 160 Å². The maximum Gasteiger partial charge on any atom is 0.433 e. The standard InChI is InChI=1S/C23H20ClF3N8O4/c1-28-21(38)17-15(36)16(37)22(39-17)35-9-31-14-19(30-8-12-3-2-4-13(32-12)23(25,26)27)33-18(34-20(14)35)10-5-11(24)7-29-6-10/h2-7,9,15-17,22,36-37H,8H2,1H3,(H,28,38)(H,30,33,34)/t15-,16+,17-,22+/m0/s1. The molecule has 5 rings (SSSR count). The van der Waals surface area contributed by atoms with Gasteiger partial charge in [0.2, 0.25) is 0 Å². The molecule has 39 heavy (non-hydrogen) atoms. The average molecular weight is 565 g/mol. The van der Waals surface area contributed by atoms with Crippen LogP contribution in [0.1, 0.15) is 17.6 Å². The summed E-state index contributed by atoms with van der Waals surface area (Å²) in [6, 6.07) is 5.09. The molecule has 5 heterocycles. The van der Waals surface area contributed by atoms with Gasteiger partial charge in [-0.15, -0.1) is 0 Å². The summed E-state index contributed by atoms with van der Waals surface area (Å²) in [5, 5.41) is 26.6. The van der Waals surface area contributed by atoms with Crippen molar-refractivity contribution in [1.82, 2.24) is 34.8 Å². The number of aliphatic hydroxyl groups is 2. The number of ether oxygens (including phenoxy) is 1. The van der Waals surface area contributed by atoms with Crippen molar-refractivity contribution in [3.8, 4) is 11.4 Å². The van der Waals surface area contributed by atoms with Gasteiger partial charge in [-0.05, 0) is 18.2 Å². The lowest BCUT2D eigenvalue weighted by Gasteiger charge is -2.17. The molecule has 16 heteroatoms. The van der Waals surface area contributed by atoms with Crippen LogP contribution in [0.2, 0.25) is 5.02 Å². The largest absolute Gasteiger partial charge is 0.433 e. The predicted octanol–water partition coefficient (Wildman–Crippen LogP) is 1.93. The number of halogens is 4. The summed E-state index contributed by atoms with van der Waals surface area (Å²) >= 11 is 6.08. The van der Waals surface area contributed by atoms with Gasteiger partial charge in [-0.25, -0.2) is 19.9 Å². The first kappa shape index (κ1) is 26.7. The number of nitrogens with one attached hydrogen (secondary N) is 2. The molecule has 0 saturated carbocycles. The van der Waals surface area contributed by atoms with Crippen molar-refractivity contribution in [3.05, 3.63) is 59.4 Å². The minimum Gasteiger partial charge on any atom is -0.387 e. The van der Waals surface area contributed by atoms with Crippen LogP contribution in [-0.2, 0) is 22.3 Å². The normalized spacial score (nSPS) is 21.3. The first-order chi connectivity index (χ1) is 18.6. The molecule has 4 N–H and O–H groups in total. The molecule has 0 bridgehead atoms. The van der Waals surface area contributed by atoms with Gasteiger partial charge in [0.15, 0.2) is 35.1 Å². The van der Waals surface area contributed by atoms with Gasteiger partial charge in [-0.2, -0.15) is 13.2 Å². The molecule has 0 unspecified atom stereocenters. The zero-order valence-corrected chi connectivity index (χ0v) is 20.7. The molecule has 1 saturated heterocycles. The zero-order chi connectivity index (χ0) is 27.9. The van der Waals surface area contributed by atoms with Crippen LogP contribution >= 0.6 is 11.6 Å². The number of aromatic nitrogens is 6. The lowest BCUT2D eigenvalue weighted by Crippen LogP contribution is -2.41. The van der Waals surface area contributed by atoms with E-state index in [1.165, 1.54) is 42.5 Å². The number of carbonyl (C=O) groups is 1. The number of fused-ring (bicyclic) bond motifs is 1. The highest BCUT2D eigenvalue weighted by Gasteiger charge is 2.47. The molecule has 12 nitrogen and oxygen atoms in total. The highest BCUT2D eigenvalue weighted by atomic mass is 35.5. The quantitative estimate of drug-likeness (QED) is 0.272. The number of nitrogens with zero attached hydrogens (tertiary/aromatic N) is 6. The predicted molar refractivity (Wildman–Crippen MR) is 130 cm³/mol. The minimum absolute atomic E-state index is 0.0908. The maximum absolute atomic E-state index is 13.1. The molecule has 4 aromatic heterocycles. The van der Waals surface area contributed by atoms with Crippen LogP contribution in [0.25, 0.3) is 22.6 Å². The van der Waals surface area contributed by atoms with E-state index in [2.05, 4.69) is 35.6 Å². The van der Waals surface area contributed by atoms with Crippen molar-refractivity contribution < 1.29 is 32.9 Å². The van der Waals surface area contributed by atoms with E-state index in [9.17, 15) is 28.2 Å². The number of anilines is 1. The van der Waals surface area contributed by atoms with E-state index in [1.54, 1.807) is 6.07 Å². The van der Waals surface area contributed by atoms with Crippen LogP contribution in [0.4, 0.5) is 19.0 Å². The van der Waals surface area contributed by atoms with E-state index in [4.69, 9.17) is 16.3 Å². The second-order valence-corrected chi connectivity index (χ2v) is 8.96. The van der Waals surface area contributed by atoms with Crippen LogP contribution in [0.5, 0.6) is 0 Å². The molecule has 0 aliphatic carbocycles. The Bertz CT molecular complexity index is 1540. The summed E-state index contributed by atoms with van der Waals surface area (Å²) in [6.07, 6.45) is -6.10. The zero-order valence-electron chi connectivity index (χ0n) is 20.0. The summed E-state index contributed by atoms with van der Waals surface area (Å²) in [7, 11) is 1.36. The maximum atomic E-state index is 13.1. The third-order valence-corrected chi connectivity index (χ3v) is 6.14. The van der Waals surface area contributed by atoms with E-state index in [1.807, 2.05) is 0 Å². The van der Waals surface area contributed by atoms with E-state index >= 15 is 0 Å². The molecule has 0 spiro atoms. The smallest absolute Gasteiger partial charge is 0.387 e. The molecule has 1 amide bonds. The van der Waals surface area contributed by atoms with E-state index in [-0.39, 0.29) is 35.0 Å². The van der Waals surface area contributed by atoms with Crippen LogP contribution in [0.3, 0.4) is 0 Å². The van der Waals surface area contributed by atoms with Crippen molar-refractivity contribution in [2.24, 2.45) is 0 Å². The van der Waals surface area contributed by atoms with Crippen molar-refractivity contribution >= 4 is 34.5 Å². The number of pyridine rings is 2. The number of amides is 1. The molecule has 4 aromatic rings.